The van der Waals surface area contributed by atoms with E-state index in [4.69, 9.17) is 9.94 Å². The van der Waals surface area contributed by atoms with Gasteiger partial charge in [-0.25, -0.2) is 10.1 Å². The van der Waals surface area contributed by atoms with Crippen LogP contribution in [0.4, 0.5) is 0 Å². The molecule has 0 aromatic rings. The molecule has 0 aromatic heterocycles. The topological polar surface area (TPSA) is 149 Å². The Morgan fingerprint density at radius 3 is 2.19 bits per heavy atom. The summed E-state index contributed by atoms with van der Waals surface area (Å²) in [6.07, 6.45) is 7.07. The van der Waals surface area contributed by atoms with Crippen LogP contribution in [0.1, 0.15) is 72.6 Å². The number of carbonyl (C=O) groups is 4. The molecule has 4 N–H and O–H groups in total. The fourth-order valence-electron chi connectivity index (χ4n) is 3.46. The first-order valence-electron chi connectivity index (χ1n) is 12.4. The molecule has 0 spiro atoms. The number of amides is 4. The molecule has 0 bridgehead atoms. The van der Waals surface area contributed by atoms with Gasteiger partial charge in [-0.05, 0) is 59.3 Å². The zero-order chi connectivity index (χ0) is 27.5. The Kier molecular flexibility index (Phi) is 17.9. The van der Waals surface area contributed by atoms with Crippen molar-refractivity contribution in [3.8, 4) is 0 Å². The van der Waals surface area contributed by atoms with Crippen LogP contribution in [0.3, 0.4) is 0 Å². The molecule has 2 atom stereocenters. The lowest BCUT2D eigenvalue weighted by Gasteiger charge is -2.22. The van der Waals surface area contributed by atoms with Crippen LogP contribution in [0, 0.1) is 0 Å². The summed E-state index contributed by atoms with van der Waals surface area (Å²) in [6, 6.07) is -1.03. The summed E-state index contributed by atoms with van der Waals surface area (Å²) in [6.45, 7) is 7.68. The fourth-order valence-corrected chi connectivity index (χ4v) is 3.46. The smallest absolute Gasteiger partial charge is 0.270 e. The van der Waals surface area contributed by atoms with Crippen molar-refractivity contribution in [2.75, 3.05) is 26.8 Å². The van der Waals surface area contributed by atoms with Crippen molar-refractivity contribution >= 4 is 24.1 Å². The van der Waals surface area contributed by atoms with Crippen molar-refractivity contribution in [3.63, 3.8) is 0 Å². The third-order valence-electron chi connectivity index (χ3n) is 5.45. The zero-order valence-electron chi connectivity index (χ0n) is 22.3. The van der Waals surface area contributed by atoms with E-state index in [1.807, 2.05) is 13.8 Å². The van der Waals surface area contributed by atoms with E-state index in [9.17, 15) is 24.4 Å². The van der Waals surface area contributed by atoms with Crippen LogP contribution in [-0.4, -0.2) is 83.5 Å². The molecule has 0 saturated heterocycles. The summed E-state index contributed by atoms with van der Waals surface area (Å²) in [5, 5.41) is 25.9. The number of allylic oxidation sites excluding steroid dienone is 1. The van der Waals surface area contributed by atoms with Gasteiger partial charge >= 0.3 is 0 Å². The molecule has 0 aromatic carbocycles. The minimum Gasteiger partial charge on any atom is -0.396 e. The van der Waals surface area contributed by atoms with Crippen LogP contribution in [-0.2, 0) is 24.0 Å². The Hall–Kier alpha value is -2.76. The molecule has 0 fully saturated rings. The molecule has 11 heteroatoms. The second-order valence-electron chi connectivity index (χ2n) is 8.82. The zero-order valence-corrected chi connectivity index (χ0v) is 22.3. The van der Waals surface area contributed by atoms with E-state index < -0.39 is 11.9 Å². The quantitative estimate of drug-likeness (QED) is 0.0893. The molecular formula is C25H44N4O7. The molecule has 11 nitrogen and oxygen atoms in total. The Bertz CT molecular complexity index is 755. The number of nitrogens with one attached hydrogen (secondary N) is 2. The molecule has 2 unspecified atom stereocenters. The Labute approximate surface area is 214 Å². The highest BCUT2D eigenvalue weighted by atomic mass is 16.7. The molecule has 4 amide bonds. The van der Waals surface area contributed by atoms with Gasteiger partial charge in [0, 0.05) is 37.9 Å². The van der Waals surface area contributed by atoms with E-state index in [1.165, 1.54) is 24.3 Å². The molecular weight excluding hydrogens is 468 g/mol. The number of hydrogen-bond acceptors (Lipinski definition) is 7. The number of rotatable bonds is 19. The summed E-state index contributed by atoms with van der Waals surface area (Å²) in [5.74, 6) is -1.19. The van der Waals surface area contributed by atoms with Crippen molar-refractivity contribution in [2.24, 2.45) is 0 Å². The van der Waals surface area contributed by atoms with Gasteiger partial charge in [0.2, 0.25) is 12.3 Å². The largest absolute Gasteiger partial charge is 0.396 e. The fraction of sp³-hybridized carbons (Fsp3) is 0.680. The molecule has 0 rings (SSSR count). The van der Waals surface area contributed by atoms with Gasteiger partial charge in [-0.2, -0.15) is 0 Å². The van der Waals surface area contributed by atoms with Crippen LogP contribution in [0.15, 0.2) is 23.3 Å². The molecule has 36 heavy (non-hydrogen) atoms. The third kappa shape index (κ3) is 14.6. The molecule has 0 aliphatic rings. The maximum atomic E-state index is 12.6. The van der Waals surface area contributed by atoms with Gasteiger partial charge in [-0.15, -0.1) is 0 Å². The van der Waals surface area contributed by atoms with Crippen molar-refractivity contribution in [3.05, 3.63) is 23.3 Å². The number of aliphatic hydroxyl groups is 1. The Balaban J connectivity index is 4.62. The van der Waals surface area contributed by atoms with E-state index in [0.717, 1.165) is 18.4 Å². The third-order valence-corrected chi connectivity index (χ3v) is 5.45. The average molecular weight is 513 g/mol. The first kappa shape index (κ1) is 33.2. The van der Waals surface area contributed by atoms with E-state index in [1.54, 1.807) is 13.8 Å². The maximum absolute atomic E-state index is 12.6. The number of hydrogen-bond donors (Lipinski definition) is 4. The maximum Gasteiger partial charge on any atom is 0.270 e. The number of aliphatic hydroxyl groups excluding tert-OH is 1. The highest BCUT2D eigenvalue weighted by Gasteiger charge is 2.20. The Morgan fingerprint density at radius 1 is 1.00 bits per heavy atom. The Morgan fingerprint density at radius 2 is 1.61 bits per heavy atom. The summed E-state index contributed by atoms with van der Waals surface area (Å²) in [7, 11) is 1.41. The van der Waals surface area contributed by atoms with Crippen LogP contribution in [0.25, 0.3) is 0 Å². The SMILES string of the molecule is CCC/C(C)=C/C(=O)N(CCCC(NC=O)C(=O)NC(C)CCCN(O)C(=O)/C=C(\C)CCO)OC. The first-order chi connectivity index (χ1) is 17.1. The van der Waals surface area contributed by atoms with E-state index in [2.05, 4.69) is 10.6 Å². The van der Waals surface area contributed by atoms with E-state index in [0.29, 0.717) is 49.2 Å². The van der Waals surface area contributed by atoms with Gasteiger partial charge in [0.1, 0.15) is 6.04 Å². The van der Waals surface area contributed by atoms with Crippen LogP contribution < -0.4 is 10.6 Å². The van der Waals surface area contributed by atoms with Gasteiger partial charge in [0.15, 0.2) is 0 Å². The van der Waals surface area contributed by atoms with Crippen LogP contribution in [0.2, 0.25) is 0 Å². The molecule has 206 valence electrons. The first-order valence-corrected chi connectivity index (χ1v) is 12.4. The standard InChI is InChI=1S/C25H44N4O7/c1-6-9-19(2)17-24(33)29(36-5)14-8-11-22(26-18-31)25(34)27-21(4)10-7-13-28(35)23(32)16-20(3)12-15-30/h16-18,21-22,30,35H,6-15H2,1-5H3,(H,26,31)(H,27,34)/b19-17+,20-16+. The molecule has 0 radical (unpaired) electrons. The average Bonchev–Trinajstić information content (AvgIpc) is 2.80. The summed E-state index contributed by atoms with van der Waals surface area (Å²) in [5.41, 5.74) is 1.62. The predicted octanol–water partition coefficient (Wildman–Crippen LogP) is 1.85. The van der Waals surface area contributed by atoms with Crippen molar-refractivity contribution in [1.82, 2.24) is 20.8 Å². The van der Waals surface area contributed by atoms with Crippen molar-refractivity contribution in [1.29, 1.82) is 0 Å². The highest BCUT2D eigenvalue weighted by molar-refractivity contribution is 5.87. The summed E-state index contributed by atoms with van der Waals surface area (Å²) < 4.78 is 0. The second-order valence-corrected chi connectivity index (χ2v) is 8.82. The van der Waals surface area contributed by atoms with Crippen LogP contribution >= 0.6 is 0 Å². The monoisotopic (exact) mass is 512 g/mol. The lowest BCUT2D eigenvalue weighted by Crippen LogP contribution is -2.47. The highest BCUT2D eigenvalue weighted by Crippen LogP contribution is 2.08. The van der Waals surface area contributed by atoms with Gasteiger partial charge in [0.25, 0.3) is 11.8 Å². The van der Waals surface area contributed by atoms with E-state index in [-0.39, 0.29) is 37.6 Å². The van der Waals surface area contributed by atoms with Gasteiger partial charge < -0.3 is 15.7 Å². The van der Waals surface area contributed by atoms with Crippen molar-refractivity contribution < 1.29 is 34.3 Å². The lowest BCUT2D eigenvalue weighted by molar-refractivity contribution is -0.170. The number of carbonyl (C=O) groups excluding carboxylic acids is 4. The van der Waals surface area contributed by atoms with Crippen molar-refractivity contribution in [2.45, 2.75) is 84.7 Å². The second kappa shape index (κ2) is 19.4. The molecule has 0 heterocycles. The van der Waals surface area contributed by atoms with Gasteiger partial charge in [-0.3, -0.25) is 29.2 Å². The van der Waals surface area contributed by atoms with Crippen LogP contribution in [0.5, 0.6) is 0 Å². The normalized spacial score (nSPS) is 13.5. The molecule has 0 saturated carbocycles. The number of nitrogens with zero attached hydrogens (tertiary/aromatic N) is 2. The molecule has 0 aliphatic heterocycles. The van der Waals surface area contributed by atoms with E-state index >= 15 is 0 Å². The number of hydroxylamine groups is 4. The predicted molar refractivity (Wildman–Crippen MR) is 135 cm³/mol. The summed E-state index contributed by atoms with van der Waals surface area (Å²) in [4.78, 5) is 53.0. The minimum atomic E-state index is -0.772. The van der Waals surface area contributed by atoms with Gasteiger partial charge in [0.05, 0.1) is 7.11 Å². The van der Waals surface area contributed by atoms with Gasteiger partial charge in [-0.1, -0.05) is 24.5 Å². The minimum absolute atomic E-state index is 0.0724. The lowest BCUT2D eigenvalue weighted by atomic mass is 10.1. The molecule has 0 aliphatic carbocycles. The summed E-state index contributed by atoms with van der Waals surface area (Å²) >= 11 is 0.